The third kappa shape index (κ3) is 4.02. The molecule has 0 radical (unpaired) electrons. The summed E-state index contributed by atoms with van der Waals surface area (Å²) in [5, 5.41) is 21.9. The normalized spacial score (nSPS) is 11.3. The lowest BCUT2D eigenvalue weighted by molar-refractivity contribution is -0.383. The van der Waals surface area contributed by atoms with E-state index in [4.69, 9.17) is 5.84 Å². The Morgan fingerprint density at radius 2 is 2.04 bits per heavy atom. The van der Waals surface area contributed by atoms with Crippen LogP contribution in [0.25, 0.3) is 0 Å². The molecule has 1 aromatic carbocycles. The second kappa shape index (κ2) is 6.87. The summed E-state index contributed by atoms with van der Waals surface area (Å²) in [6, 6.07) is 5.95. The van der Waals surface area contributed by atoms with E-state index in [2.05, 4.69) is 15.5 Å². The summed E-state index contributed by atoms with van der Waals surface area (Å²) in [5.74, 6) is 6.15. The van der Waals surface area contributed by atoms with Crippen LogP contribution in [0.4, 0.5) is 11.4 Å². The lowest BCUT2D eigenvalue weighted by Crippen LogP contribution is -2.24. The topological polar surface area (TPSA) is 129 Å². The highest BCUT2D eigenvalue weighted by atomic mass is 32.2. The number of nitrogen functional groups attached to an aromatic ring is 1. The number of thioether (sulfide) groups is 1. The van der Waals surface area contributed by atoms with Gasteiger partial charge in [-0.25, -0.2) is 4.68 Å². The Kier molecular flexibility index (Phi) is 5.07. The molecule has 128 valence electrons. The molecular weight excluding hydrogens is 332 g/mol. The second-order valence-corrected chi connectivity index (χ2v) is 6.98. The number of nitrogens with two attached hydrogens (primary N) is 1. The highest BCUT2D eigenvalue weighted by Crippen LogP contribution is 2.25. The Morgan fingerprint density at radius 1 is 1.38 bits per heavy atom. The van der Waals surface area contributed by atoms with Crippen molar-refractivity contribution in [2.75, 3.05) is 16.9 Å². The minimum atomic E-state index is -0.547. The summed E-state index contributed by atoms with van der Waals surface area (Å²) in [6.07, 6.45) is 0. The van der Waals surface area contributed by atoms with Crippen LogP contribution < -0.4 is 11.2 Å². The standard InChI is InChI=1S/C14H18N6O3S/c1-14(2,3)12-17-18-13(19(12)15)24-8-11(21)16-9-6-4-5-7-10(9)20(22)23/h4-7H,8,15H2,1-3H3,(H,16,21). The summed E-state index contributed by atoms with van der Waals surface area (Å²) >= 11 is 1.11. The maximum Gasteiger partial charge on any atom is 0.292 e. The van der Waals surface area contributed by atoms with Gasteiger partial charge in [0.1, 0.15) is 5.69 Å². The average molecular weight is 350 g/mol. The molecule has 1 heterocycles. The maximum atomic E-state index is 12.0. The van der Waals surface area contributed by atoms with Crippen LogP contribution in [0.3, 0.4) is 0 Å². The molecule has 0 saturated heterocycles. The number of nitro groups is 1. The van der Waals surface area contributed by atoms with E-state index in [1.54, 1.807) is 6.07 Å². The smallest absolute Gasteiger partial charge is 0.292 e. The van der Waals surface area contributed by atoms with Crippen LogP contribution in [0.5, 0.6) is 0 Å². The van der Waals surface area contributed by atoms with Gasteiger partial charge < -0.3 is 11.2 Å². The number of carbonyl (C=O) groups excluding carboxylic acids is 1. The van der Waals surface area contributed by atoms with Crippen molar-refractivity contribution >= 4 is 29.0 Å². The molecule has 0 aliphatic rings. The van der Waals surface area contributed by atoms with Gasteiger partial charge in [-0.3, -0.25) is 14.9 Å². The summed E-state index contributed by atoms with van der Waals surface area (Å²) < 4.78 is 1.35. The van der Waals surface area contributed by atoms with Crippen LogP contribution >= 0.6 is 11.8 Å². The predicted octanol–water partition coefficient (Wildman–Crippen LogP) is 1.93. The monoisotopic (exact) mass is 350 g/mol. The quantitative estimate of drug-likeness (QED) is 0.365. The van der Waals surface area contributed by atoms with Crippen LogP contribution in [0, 0.1) is 10.1 Å². The molecule has 2 aromatic rings. The van der Waals surface area contributed by atoms with Gasteiger partial charge in [-0.1, -0.05) is 44.7 Å². The molecule has 0 aliphatic heterocycles. The van der Waals surface area contributed by atoms with E-state index in [1.807, 2.05) is 20.8 Å². The number of benzene rings is 1. The Hall–Kier alpha value is -2.62. The fourth-order valence-corrected chi connectivity index (χ4v) is 2.60. The molecule has 9 nitrogen and oxygen atoms in total. The molecule has 0 fully saturated rings. The zero-order valence-corrected chi connectivity index (χ0v) is 14.3. The number of rotatable bonds is 5. The number of nitrogens with one attached hydrogen (secondary N) is 1. The minimum absolute atomic E-state index is 0.00548. The van der Waals surface area contributed by atoms with Crippen molar-refractivity contribution in [1.29, 1.82) is 0 Å². The molecule has 0 spiro atoms. The van der Waals surface area contributed by atoms with Crippen molar-refractivity contribution in [3.63, 3.8) is 0 Å². The third-order valence-electron chi connectivity index (χ3n) is 3.04. The average Bonchev–Trinajstić information content (AvgIpc) is 2.86. The maximum absolute atomic E-state index is 12.0. The van der Waals surface area contributed by atoms with Gasteiger partial charge in [-0.2, -0.15) is 0 Å². The van der Waals surface area contributed by atoms with Gasteiger partial charge in [-0.15, -0.1) is 10.2 Å². The van der Waals surface area contributed by atoms with E-state index in [-0.39, 0.29) is 22.5 Å². The first-order valence-corrected chi connectivity index (χ1v) is 8.05. The molecule has 0 saturated carbocycles. The van der Waals surface area contributed by atoms with E-state index in [9.17, 15) is 14.9 Å². The molecule has 1 aromatic heterocycles. The van der Waals surface area contributed by atoms with Crippen molar-refractivity contribution in [1.82, 2.24) is 14.9 Å². The van der Waals surface area contributed by atoms with Crippen molar-refractivity contribution in [3.05, 3.63) is 40.2 Å². The third-order valence-corrected chi connectivity index (χ3v) is 3.99. The molecule has 3 N–H and O–H groups in total. The lowest BCUT2D eigenvalue weighted by Gasteiger charge is -2.16. The van der Waals surface area contributed by atoms with Gasteiger partial charge in [0.05, 0.1) is 10.7 Å². The molecule has 1 amide bonds. The summed E-state index contributed by atoms with van der Waals surface area (Å²) in [7, 11) is 0. The van der Waals surface area contributed by atoms with Crippen LogP contribution in [-0.2, 0) is 10.2 Å². The van der Waals surface area contributed by atoms with E-state index in [0.29, 0.717) is 11.0 Å². The van der Waals surface area contributed by atoms with Gasteiger partial charge >= 0.3 is 0 Å². The molecular formula is C14H18N6O3S. The van der Waals surface area contributed by atoms with Crippen LogP contribution in [0.1, 0.15) is 26.6 Å². The Morgan fingerprint density at radius 3 is 2.62 bits per heavy atom. The number of nitrogens with zero attached hydrogens (tertiary/aromatic N) is 4. The zero-order chi connectivity index (χ0) is 17.9. The molecule has 10 heteroatoms. The van der Waals surface area contributed by atoms with E-state index in [1.165, 1.54) is 22.9 Å². The molecule has 0 atom stereocenters. The zero-order valence-electron chi connectivity index (χ0n) is 13.5. The number of para-hydroxylation sites is 2. The number of carbonyl (C=O) groups is 1. The first-order valence-electron chi connectivity index (χ1n) is 7.07. The Labute approximate surface area is 142 Å². The van der Waals surface area contributed by atoms with E-state index >= 15 is 0 Å². The molecule has 0 bridgehead atoms. The van der Waals surface area contributed by atoms with Crippen LogP contribution in [0.15, 0.2) is 29.4 Å². The molecule has 0 unspecified atom stereocenters. The number of hydrogen-bond acceptors (Lipinski definition) is 7. The number of nitro benzene ring substituents is 1. The van der Waals surface area contributed by atoms with Crippen molar-refractivity contribution in [2.45, 2.75) is 31.3 Å². The summed E-state index contributed by atoms with van der Waals surface area (Å²) in [6.45, 7) is 5.86. The number of aromatic nitrogens is 3. The van der Waals surface area contributed by atoms with Crippen LogP contribution in [-0.4, -0.2) is 31.5 Å². The largest absolute Gasteiger partial charge is 0.336 e. The number of anilines is 1. The number of amides is 1. The molecule has 2 rings (SSSR count). The van der Waals surface area contributed by atoms with Gasteiger partial charge in [0.15, 0.2) is 5.82 Å². The van der Waals surface area contributed by atoms with Crippen molar-refractivity contribution in [2.24, 2.45) is 0 Å². The summed E-state index contributed by atoms with van der Waals surface area (Å²) in [4.78, 5) is 22.4. The SMILES string of the molecule is CC(C)(C)c1nnc(SCC(=O)Nc2ccccc2[N+](=O)[O-])n1N. The highest BCUT2D eigenvalue weighted by Gasteiger charge is 2.23. The van der Waals surface area contributed by atoms with Gasteiger partial charge in [0.25, 0.3) is 5.69 Å². The number of hydrogen-bond donors (Lipinski definition) is 2. The second-order valence-electron chi connectivity index (χ2n) is 6.04. The highest BCUT2D eigenvalue weighted by molar-refractivity contribution is 7.99. The van der Waals surface area contributed by atoms with E-state index in [0.717, 1.165) is 11.8 Å². The first kappa shape index (κ1) is 17.7. The van der Waals surface area contributed by atoms with Crippen LogP contribution in [0.2, 0.25) is 0 Å². The molecule has 24 heavy (non-hydrogen) atoms. The fourth-order valence-electron chi connectivity index (χ4n) is 1.94. The fraction of sp³-hybridized carbons (Fsp3) is 0.357. The van der Waals surface area contributed by atoms with Crippen molar-refractivity contribution in [3.8, 4) is 0 Å². The Balaban J connectivity index is 2.02. The van der Waals surface area contributed by atoms with Crippen molar-refractivity contribution < 1.29 is 9.72 Å². The summed E-state index contributed by atoms with van der Waals surface area (Å²) in [5.41, 5.74) is -0.279. The lowest BCUT2D eigenvalue weighted by atomic mass is 9.96. The van der Waals surface area contributed by atoms with Gasteiger partial charge in [0, 0.05) is 11.5 Å². The predicted molar refractivity (Wildman–Crippen MR) is 91.3 cm³/mol. The first-order chi connectivity index (χ1) is 11.2. The minimum Gasteiger partial charge on any atom is -0.336 e. The van der Waals surface area contributed by atoms with Gasteiger partial charge in [-0.05, 0) is 6.07 Å². The molecule has 0 aliphatic carbocycles. The van der Waals surface area contributed by atoms with E-state index < -0.39 is 10.8 Å². The van der Waals surface area contributed by atoms with Gasteiger partial charge in [0.2, 0.25) is 11.1 Å². The Bertz CT molecular complexity index is 768.